The molecule has 10 heavy (non-hydrogen) atoms. The average Bonchev–Trinajstić information content (AvgIpc) is 2.48. The number of allylic oxidation sites excluding steroid dienone is 4. The van der Waals surface area contributed by atoms with Gasteiger partial charge in [-0.05, 0) is 0 Å². The third kappa shape index (κ3) is 15.9. The van der Waals surface area contributed by atoms with E-state index in [-0.39, 0.29) is 0 Å². The Balaban J connectivity index is 0. The Morgan fingerprint density at radius 2 is 1.30 bits per heavy atom. The Labute approximate surface area is 80.0 Å². The van der Waals surface area contributed by atoms with Crippen molar-refractivity contribution in [3.05, 3.63) is 37.6 Å². The Bertz CT molecular complexity index is 79.6. The van der Waals surface area contributed by atoms with E-state index in [1.165, 1.54) is 0 Å². The third-order valence-corrected chi connectivity index (χ3v) is 0.556. The first-order valence-corrected chi connectivity index (χ1v) is 7.05. The van der Waals surface area contributed by atoms with E-state index in [0.717, 1.165) is 0 Å². The van der Waals surface area contributed by atoms with Crippen molar-refractivity contribution >= 4 is 18.6 Å². The molecule has 57 valence electrons. The van der Waals surface area contributed by atoms with Crippen LogP contribution in [0.25, 0.3) is 0 Å². The second-order valence-electron chi connectivity index (χ2n) is 1.03. The van der Waals surface area contributed by atoms with Gasteiger partial charge in [-0.2, -0.15) is 6.92 Å². The fraction of sp³-hybridized carbons (Fsp3) is 0.143. The van der Waals surface area contributed by atoms with Crippen molar-refractivity contribution < 1.29 is 17.0 Å². The van der Waals surface area contributed by atoms with Gasteiger partial charge in [-0.1, -0.05) is 24.3 Å². The molecule has 0 atom stereocenters. The van der Waals surface area contributed by atoms with Gasteiger partial charge in [0.05, 0.1) is 0 Å². The van der Waals surface area contributed by atoms with Gasteiger partial charge in [-0.3, -0.25) is 0 Å². The molecule has 1 radical (unpaired) electrons. The predicted molar refractivity (Wildman–Crippen MR) is 45.3 cm³/mol. The van der Waals surface area contributed by atoms with Crippen LogP contribution in [0.1, 0.15) is 6.92 Å². The van der Waals surface area contributed by atoms with Gasteiger partial charge in [0, 0.05) is 6.42 Å². The van der Waals surface area contributed by atoms with Crippen LogP contribution in [0.15, 0.2) is 24.3 Å². The molecule has 0 saturated carbocycles. The van der Waals surface area contributed by atoms with Crippen molar-refractivity contribution in [2.24, 2.45) is 0 Å². The van der Waals surface area contributed by atoms with Crippen LogP contribution in [0, 0.1) is 13.3 Å². The van der Waals surface area contributed by atoms with Gasteiger partial charge in [0.25, 0.3) is 0 Å². The van der Waals surface area contributed by atoms with E-state index >= 15 is 0 Å². The van der Waals surface area contributed by atoms with Crippen molar-refractivity contribution in [2.45, 2.75) is 6.92 Å². The molecule has 0 amide bonds. The summed E-state index contributed by atoms with van der Waals surface area (Å²) in [5, 5.41) is 0. The summed E-state index contributed by atoms with van der Waals surface area (Å²) in [6.45, 7) is 5.00. The summed E-state index contributed by atoms with van der Waals surface area (Å²) in [5.41, 5.74) is 0. The average molecular weight is 213 g/mol. The van der Waals surface area contributed by atoms with E-state index in [0.29, 0.717) is 0 Å². The molecule has 0 aromatic heterocycles. The van der Waals surface area contributed by atoms with Crippen LogP contribution in [-0.4, -0.2) is 0 Å². The SMILES string of the molecule is [CH2-]C.[CH]1C=CC=C1.[Cl][Ti][Cl]. The standard InChI is InChI=1S/C5H5.C2H5.2ClH.Ti/c1-2-4-5-3-1;1-2;;;/h1-5H;1H2,2H3;2*1H;/q;-1;;;+2/p-2. The van der Waals surface area contributed by atoms with E-state index in [1.807, 2.05) is 30.7 Å². The molecule has 0 bridgehead atoms. The molecular formula is C7H10Cl2Ti-. The zero-order valence-electron chi connectivity index (χ0n) is 5.85. The first kappa shape index (κ1) is 13.4. The molecule has 0 fully saturated rings. The number of halogens is 2. The van der Waals surface area contributed by atoms with E-state index < -0.39 is 17.0 Å². The van der Waals surface area contributed by atoms with Gasteiger partial charge in [0.15, 0.2) is 0 Å². The third-order valence-electron chi connectivity index (χ3n) is 0.556. The molecule has 0 spiro atoms. The minimum atomic E-state index is -0.556. The predicted octanol–water partition coefficient (Wildman–Crippen LogP) is 3.53. The molecule has 0 heterocycles. The van der Waals surface area contributed by atoms with Crippen LogP contribution in [-0.2, 0) is 17.0 Å². The van der Waals surface area contributed by atoms with Gasteiger partial charge < -0.3 is 6.92 Å². The van der Waals surface area contributed by atoms with Gasteiger partial charge in [-0.15, -0.1) is 0 Å². The molecule has 0 aromatic carbocycles. The summed E-state index contributed by atoms with van der Waals surface area (Å²) in [6, 6.07) is 0. The van der Waals surface area contributed by atoms with Crippen molar-refractivity contribution in [3.8, 4) is 0 Å². The summed E-state index contributed by atoms with van der Waals surface area (Å²) in [7, 11) is 9.78. The maximum absolute atomic E-state index is 4.89. The molecule has 0 nitrogen and oxygen atoms in total. The molecule has 0 aliphatic heterocycles. The summed E-state index contributed by atoms with van der Waals surface area (Å²) >= 11 is -0.556. The second kappa shape index (κ2) is 16.4. The quantitative estimate of drug-likeness (QED) is 0.426. The van der Waals surface area contributed by atoms with Crippen molar-refractivity contribution in [1.82, 2.24) is 0 Å². The van der Waals surface area contributed by atoms with Crippen LogP contribution < -0.4 is 0 Å². The van der Waals surface area contributed by atoms with Crippen LogP contribution in [0.4, 0.5) is 0 Å². The molecule has 1 aliphatic carbocycles. The normalized spacial score (nSPS) is 10.8. The molecular weight excluding hydrogens is 203 g/mol. The summed E-state index contributed by atoms with van der Waals surface area (Å²) in [4.78, 5) is 0. The Morgan fingerprint density at radius 3 is 1.40 bits per heavy atom. The topological polar surface area (TPSA) is 0 Å². The first-order valence-electron chi connectivity index (χ1n) is 2.75. The van der Waals surface area contributed by atoms with Crippen LogP contribution in [0.5, 0.6) is 0 Å². The van der Waals surface area contributed by atoms with Crippen molar-refractivity contribution in [2.75, 3.05) is 0 Å². The molecule has 0 N–H and O–H groups in total. The number of hydrogen-bond acceptors (Lipinski definition) is 0. The molecule has 0 aromatic rings. The molecule has 1 aliphatic rings. The van der Waals surface area contributed by atoms with Gasteiger partial charge >= 0.3 is 35.6 Å². The molecule has 0 unspecified atom stereocenters. The maximum atomic E-state index is 4.89. The second-order valence-corrected chi connectivity index (χ2v) is 3.61. The Kier molecular flexibility index (Phi) is 21.9. The van der Waals surface area contributed by atoms with Gasteiger partial charge in [-0.25, -0.2) is 0 Å². The zero-order chi connectivity index (χ0) is 8.24. The molecule has 3 heteroatoms. The zero-order valence-corrected chi connectivity index (χ0v) is 8.92. The summed E-state index contributed by atoms with van der Waals surface area (Å²) in [6.07, 6.45) is 10.0. The minimum absolute atomic E-state index is 0.556. The van der Waals surface area contributed by atoms with Crippen molar-refractivity contribution in [3.63, 3.8) is 0 Å². The monoisotopic (exact) mass is 212 g/mol. The summed E-state index contributed by atoms with van der Waals surface area (Å²) < 4.78 is 0. The number of rotatable bonds is 0. The van der Waals surface area contributed by atoms with E-state index in [4.69, 9.17) is 18.6 Å². The van der Waals surface area contributed by atoms with Crippen LogP contribution in [0.2, 0.25) is 0 Å². The fourth-order valence-electron chi connectivity index (χ4n) is 0.321. The van der Waals surface area contributed by atoms with Crippen LogP contribution >= 0.6 is 18.6 Å². The fourth-order valence-corrected chi connectivity index (χ4v) is 0.321. The Hall–Kier alpha value is 0.774. The van der Waals surface area contributed by atoms with Gasteiger partial charge in [0.1, 0.15) is 0 Å². The van der Waals surface area contributed by atoms with E-state index in [2.05, 4.69) is 6.92 Å². The molecule has 0 saturated heterocycles. The number of hydrogen-bond donors (Lipinski definition) is 0. The van der Waals surface area contributed by atoms with E-state index in [1.54, 1.807) is 6.92 Å². The van der Waals surface area contributed by atoms with Gasteiger partial charge in [0.2, 0.25) is 0 Å². The van der Waals surface area contributed by atoms with E-state index in [9.17, 15) is 0 Å². The van der Waals surface area contributed by atoms with Crippen LogP contribution in [0.3, 0.4) is 0 Å². The summed E-state index contributed by atoms with van der Waals surface area (Å²) in [5.74, 6) is 0. The first-order chi connectivity index (χ1) is 4.91. The Morgan fingerprint density at radius 1 is 1.00 bits per heavy atom. The molecule has 1 rings (SSSR count). The van der Waals surface area contributed by atoms with Crippen molar-refractivity contribution in [1.29, 1.82) is 0 Å².